The second-order valence-electron chi connectivity index (χ2n) is 10.7. The van der Waals surface area contributed by atoms with Crippen LogP contribution in [0, 0.1) is 35.5 Å². The number of ether oxygens (including phenoxy) is 6. The van der Waals surface area contributed by atoms with Gasteiger partial charge in [-0.2, -0.15) is 0 Å². The van der Waals surface area contributed by atoms with Gasteiger partial charge in [-0.25, -0.2) is 4.79 Å². The summed E-state index contributed by atoms with van der Waals surface area (Å²) in [5.74, 6) is -5.82. The van der Waals surface area contributed by atoms with Gasteiger partial charge < -0.3 is 53.6 Å². The SMILES string of the molecule is C=C[C@@H]1[C@H](O[C@@H]2O[C@H](CO)[C@H](O)[C@H](O)[C@@H]2O)OC=C(C(=O)O[C@H]2C[C@H]3[C@H](C(=O)OC)C(=O)OC[C@H]3[C@H]2C)[C@@H]1CC=O. The van der Waals surface area contributed by atoms with Crippen LogP contribution in [0.1, 0.15) is 19.8 Å². The summed E-state index contributed by atoms with van der Waals surface area (Å²) in [4.78, 5) is 49.6. The number of aliphatic hydroxyl groups excluding tert-OH is 4. The maximum Gasteiger partial charge on any atom is 0.337 e. The Hall–Kier alpha value is -2.88. The summed E-state index contributed by atoms with van der Waals surface area (Å²) in [5, 5.41) is 39.9. The van der Waals surface area contributed by atoms with Crippen LogP contribution in [0.15, 0.2) is 24.5 Å². The molecule has 0 amide bonds. The molecule has 1 aliphatic carbocycles. The maximum atomic E-state index is 13.4. The Balaban J connectivity index is 1.49. The minimum Gasteiger partial charge on any atom is -0.471 e. The lowest BCUT2D eigenvalue weighted by molar-refractivity contribution is -0.339. The predicted molar refractivity (Wildman–Crippen MR) is 133 cm³/mol. The molecule has 3 aliphatic heterocycles. The van der Waals surface area contributed by atoms with Gasteiger partial charge in [0.2, 0.25) is 6.29 Å². The van der Waals surface area contributed by atoms with Crippen LogP contribution in [0.25, 0.3) is 0 Å². The first-order chi connectivity index (χ1) is 19.6. The largest absolute Gasteiger partial charge is 0.471 e. The van der Waals surface area contributed by atoms with E-state index in [1.54, 1.807) is 0 Å². The Morgan fingerprint density at radius 1 is 1.15 bits per heavy atom. The Morgan fingerprint density at radius 3 is 2.51 bits per heavy atom. The molecule has 0 aromatic carbocycles. The van der Waals surface area contributed by atoms with E-state index in [1.807, 2.05) is 6.92 Å². The molecule has 4 N–H and O–H groups in total. The van der Waals surface area contributed by atoms with Gasteiger partial charge >= 0.3 is 17.9 Å². The van der Waals surface area contributed by atoms with E-state index in [1.165, 1.54) is 13.2 Å². The van der Waals surface area contributed by atoms with Gasteiger partial charge in [-0.15, -0.1) is 6.58 Å². The number of aliphatic hydroxyl groups is 4. The molecule has 4 aliphatic rings. The fraction of sp³-hybridized carbons (Fsp3) is 0.704. The van der Waals surface area contributed by atoms with Crippen molar-refractivity contribution in [1.82, 2.24) is 0 Å². The molecule has 14 heteroatoms. The molecule has 0 spiro atoms. The Morgan fingerprint density at radius 2 is 1.88 bits per heavy atom. The molecule has 41 heavy (non-hydrogen) atoms. The van der Waals surface area contributed by atoms with Crippen molar-refractivity contribution in [3.8, 4) is 0 Å². The van der Waals surface area contributed by atoms with Crippen molar-refractivity contribution in [1.29, 1.82) is 0 Å². The van der Waals surface area contributed by atoms with Gasteiger partial charge in [0, 0.05) is 24.2 Å². The van der Waals surface area contributed by atoms with Gasteiger partial charge in [-0.05, 0) is 18.3 Å². The van der Waals surface area contributed by atoms with Crippen LogP contribution < -0.4 is 0 Å². The third-order valence-electron chi connectivity index (χ3n) is 8.61. The molecule has 1 saturated carbocycles. The van der Waals surface area contributed by atoms with E-state index >= 15 is 0 Å². The number of cyclic esters (lactones) is 1. The molecule has 2 saturated heterocycles. The van der Waals surface area contributed by atoms with Crippen LogP contribution in [0.3, 0.4) is 0 Å². The fourth-order valence-electron chi connectivity index (χ4n) is 6.20. The first kappa shape index (κ1) is 31.1. The Kier molecular flexibility index (Phi) is 9.82. The predicted octanol–water partition coefficient (Wildman–Crippen LogP) is -1.42. The highest BCUT2D eigenvalue weighted by Gasteiger charge is 2.55. The second kappa shape index (κ2) is 13.0. The van der Waals surface area contributed by atoms with Crippen molar-refractivity contribution in [2.24, 2.45) is 35.5 Å². The number of carbonyl (C=O) groups is 4. The minimum absolute atomic E-state index is 0.0227. The monoisotopic (exact) mass is 584 g/mol. The van der Waals surface area contributed by atoms with E-state index in [2.05, 4.69) is 6.58 Å². The normalized spacial score (nSPS) is 42.1. The van der Waals surface area contributed by atoms with Crippen molar-refractivity contribution in [2.75, 3.05) is 20.3 Å². The lowest BCUT2D eigenvalue weighted by atomic mass is 9.80. The number of aldehydes is 1. The molecular weight excluding hydrogens is 548 g/mol. The van der Waals surface area contributed by atoms with E-state index in [0.29, 0.717) is 6.29 Å². The van der Waals surface area contributed by atoms with Crippen LogP contribution in [0.2, 0.25) is 0 Å². The standard InChI is InChI=1S/C27H36O14/c1-4-12-13(5-6-28)16(10-38-26(12)41-27-22(32)21(31)20(30)18(8-29)40-27)23(33)39-17-7-14-15(11(17)2)9-37-25(35)19(14)24(34)36-3/h4,6,10-15,17-22,26-27,29-32H,1,5,7-9H2,2-3H3/t11-,12+,13-,14-,15+,17+,18-,19-,20+,21+,22+,26+,27+/m1/s1. The fourth-order valence-corrected chi connectivity index (χ4v) is 6.20. The summed E-state index contributed by atoms with van der Waals surface area (Å²) in [5.41, 5.74) is 0.0227. The van der Waals surface area contributed by atoms with Gasteiger partial charge in [-0.3, -0.25) is 9.59 Å². The van der Waals surface area contributed by atoms with E-state index < -0.39 is 91.3 Å². The molecule has 14 nitrogen and oxygen atoms in total. The molecule has 13 atom stereocenters. The lowest BCUT2D eigenvalue weighted by Gasteiger charge is -2.43. The van der Waals surface area contributed by atoms with Crippen molar-refractivity contribution < 1.29 is 68.0 Å². The van der Waals surface area contributed by atoms with Gasteiger partial charge in [0.25, 0.3) is 0 Å². The van der Waals surface area contributed by atoms with Crippen LogP contribution in [0.5, 0.6) is 0 Å². The molecule has 0 aromatic heterocycles. The van der Waals surface area contributed by atoms with Crippen LogP contribution in [-0.2, 0) is 47.6 Å². The molecule has 0 radical (unpaired) electrons. The zero-order valence-electron chi connectivity index (χ0n) is 22.6. The molecule has 0 bridgehead atoms. The van der Waals surface area contributed by atoms with Gasteiger partial charge in [-0.1, -0.05) is 13.0 Å². The highest BCUT2D eigenvalue weighted by Crippen LogP contribution is 2.47. The van der Waals surface area contributed by atoms with Gasteiger partial charge in [0.1, 0.15) is 36.8 Å². The summed E-state index contributed by atoms with van der Waals surface area (Å²) in [6.07, 6.45) is -6.42. The number of hydrogen-bond acceptors (Lipinski definition) is 14. The quantitative estimate of drug-likeness (QED) is 0.0808. The molecule has 3 heterocycles. The minimum atomic E-state index is -1.70. The number of esters is 3. The Bertz CT molecular complexity index is 1030. The lowest BCUT2D eigenvalue weighted by Crippen LogP contribution is -2.60. The van der Waals surface area contributed by atoms with Gasteiger partial charge in [0.15, 0.2) is 12.2 Å². The molecular formula is C27H36O14. The topological polar surface area (TPSA) is 205 Å². The second-order valence-corrected chi connectivity index (χ2v) is 10.7. The van der Waals surface area contributed by atoms with E-state index in [-0.39, 0.29) is 36.9 Å². The van der Waals surface area contributed by atoms with E-state index in [0.717, 1.165) is 6.26 Å². The van der Waals surface area contributed by atoms with Crippen LogP contribution in [0.4, 0.5) is 0 Å². The number of hydrogen-bond donors (Lipinski definition) is 4. The Labute approximate surface area is 235 Å². The van der Waals surface area contributed by atoms with Crippen LogP contribution in [-0.4, -0.2) is 108 Å². The summed E-state index contributed by atoms with van der Waals surface area (Å²) in [7, 11) is 1.18. The van der Waals surface area contributed by atoms with Crippen molar-refractivity contribution in [2.45, 2.75) is 62.9 Å². The average Bonchev–Trinajstić information content (AvgIpc) is 3.27. The summed E-state index contributed by atoms with van der Waals surface area (Å²) < 4.78 is 32.6. The van der Waals surface area contributed by atoms with Crippen molar-refractivity contribution in [3.05, 3.63) is 24.5 Å². The van der Waals surface area contributed by atoms with Gasteiger partial charge in [0.05, 0.1) is 32.2 Å². The summed E-state index contributed by atoms with van der Waals surface area (Å²) in [6, 6.07) is 0. The number of carbonyl (C=O) groups excluding carboxylic acids is 4. The average molecular weight is 585 g/mol. The molecule has 228 valence electrons. The summed E-state index contributed by atoms with van der Waals surface area (Å²) >= 11 is 0. The summed E-state index contributed by atoms with van der Waals surface area (Å²) in [6.45, 7) is 5.02. The zero-order valence-corrected chi connectivity index (χ0v) is 22.6. The van der Waals surface area contributed by atoms with Crippen molar-refractivity contribution in [3.63, 3.8) is 0 Å². The molecule has 0 unspecified atom stereocenters. The van der Waals surface area contributed by atoms with E-state index in [4.69, 9.17) is 28.4 Å². The highest BCUT2D eigenvalue weighted by molar-refractivity contribution is 5.96. The third-order valence-corrected chi connectivity index (χ3v) is 8.61. The first-order valence-electron chi connectivity index (χ1n) is 13.4. The van der Waals surface area contributed by atoms with Crippen LogP contribution >= 0.6 is 0 Å². The smallest absolute Gasteiger partial charge is 0.337 e. The number of methoxy groups -OCH3 is 1. The molecule has 4 rings (SSSR count). The maximum absolute atomic E-state index is 13.4. The van der Waals surface area contributed by atoms with Crippen molar-refractivity contribution >= 4 is 24.2 Å². The number of fused-ring (bicyclic) bond motifs is 1. The highest BCUT2D eigenvalue weighted by atomic mass is 16.8. The molecule has 3 fully saturated rings. The van der Waals surface area contributed by atoms with E-state index in [9.17, 15) is 39.6 Å². The third kappa shape index (κ3) is 5.90. The first-order valence-corrected chi connectivity index (χ1v) is 13.4. The number of rotatable bonds is 9. The molecule has 0 aromatic rings. The zero-order chi connectivity index (χ0) is 30.0.